The van der Waals surface area contributed by atoms with Gasteiger partial charge in [-0.15, -0.1) is 56.0 Å². The van der Waals surface area contributed by atoms with Crippen LogP contribution in [0.3, 0.4) is 0 Å². The number of carbonyl (C=O) groups is 1. The zero-order valence-corrected chi connectivity index (χ0v) is 14.7. The Morgan fingerprint density at radius 3 is 1.89 bits per heavy atom. The average molecular weight is 432 g/mol. The molecule has 0 bridgehead atoms. The molecule has 13 heteroatoms. The number of ether oxygens (including phenoxy) is 2. The third-order valence-corrected chi connectivity index (χ3v) is 2.28. The van der Waals surface area contributed by atoms with E-state index >= 15 is 0 Å². The molecule has 1 aromatic heterocycles. The summed E-state index contributed by atoms with van der Waals surface area (Å²) >= 11 is 0. The monoisotopic (exact) mass is 432 g/mol. The van der Waals surface area contributed by atoms with Gasteiger partial charge in [-0.2, -0.15) is 0 Å². The number of aldehydes is 1. The Bertz CT molecular complexity index is 709. The number of aryl methyl sites for hydroxylation is 1. The summed E-state index contributed by atoms with van der Waals surface area (Å²) in [6, 6.07) is 8.67. The van der Waals surface area contributed by atoms with Crippen molar-refractivity contribution in [2.75, 3.05) is 0 Å². The van der Waals surface area contributed by atoms with E-state index in [9.17, 15) is 31.1 Å². The molecule has 27 heavy (non-hydrogen) atoms. The molecule has 0 aliphatic heterocycles. The van der Waals surface area contributed by atoms with Gasteiger partial charge in [0.15, 0.2) is 0 Å². The van der Waals surface area contributed by atoms with Crippen molar-refractivity contribution in [2.45, 2.75) is 19.6 Å². The van der Waals surface area contributed by atoms with Crippen molar-refractivity contribution in [1.29, 1.82) is 0 Å². The molecule has 0 saturated heterocycles. The average Bonchev–Trinajstić information content (AvgIpc) is 2.81. The minimum absolute atomic E-state index is 0. The van der Waals surface area contributed by atoms with E-state index in [-0.39, 0.29) is 34.7 Å². The second-order valence-electron chi connectivity index (χ2n) is 4.00. The van der Waals surface area contributed by atoms with Crippen LogP contribution < -0.4 is 0 Å². The zero-order valence-electron chi connectivity index (χ0n) is 13.1. The number of benzene rings is 1. The predicted molar refractivity (Wildman–Crippen MR) is 72.9 cm³/mol. The van der Waals surface area contributed by atoms with E-state index in [4.69, 9.17) is 9.59 Å². The van der Waals surface area contributed by atoms with Crippen molar-refractivity contribution in [3.8, 4) is 0 Å². The third-order valence-electron chi connectivity index (χ3n) is 2.28. The number of aromatic amines is 1. The van der Waals surface area contributed by atoms with Crippen LogP contribution in [0.5, 0.6) is 0 Å². The fraction of sp³-hybridized carbons (Fsp3) is 0.214. The van der Waals surface area contributed by atoms with Gasteiger partial charge >= 0.3 is 34.4 Å². The van der Waals surface area contributed by atoms with Crippen LogP contribution in [0.2, 0.25) is 0 Å². The van der Waals surface area contributed by atoms with E-state index in [1.54, 1.807) is 0 Å². The van der Waals surface area contributed by atoms with Crippen LogP contribution in [-0.4, -0.2) is 36.9 Å². The number of H-pyrrole nitrogens is 1. The molecule has 0 amide bonds. The zero-order chi connectivity index (χ0) is 20.4. The van der Waals surface area contributed by atoms with Crippen LogP contribution in [0.15, 0.2) is 18.2 Å². The molecule has 0 spiro atoms. The fourth-order valence-corrected chi connectivity index (χ4v) is 1.46. The molecule has 0 fully saturated rings. The topological polar surface area (TPSA) is 85.5 Å². The molecule has 1 heterocycles. The number of halogens is 6. The maximum Gasteiger partial charge on any atom is 3.00 e. The molecule has 0 aliphatic carbocycles. The standard InChI is InChI=1S/C10H8NO.2C2F3O2.Ti/c1-7-9(6-12)8-4-2-3-5-10(8)11-7;2*3-2(4,5)7-1-6;/h2-3,5-6,11H,1H3;;;/q3*-1;+3. The normalized spacial score (nSPS) is 10.2. The molecule has 0 saturated carbocycles. The van der Waals surface area contributed by atoms with E-state index in [0.29, 0.717) is 5.56 Å². The van der Waals surface area contributed by atoms with Crippen molar-refractivity contribution in [3.63, 3.8) is 0 Å². The van der Waals surface area contributed by atoms with E-state index < -0.39 is 12.7 Å². The van der Waals surface area contributed by atoms with Crippen LogP contribution in [0.25, 0.3) is 10.9 Å². The van der Waals surface area contributed by atoms with Gasteiger partial charge < -0.3 is 28.8 Å². The number of fused-ring (bicyclic) bond motifs is 1. The van der Waals surface area contributed by atoms with Gasteiger partial charge in [0.1, 0.15) is 6.29 Å². The van der Waals surface area contributed by atoms with Crippen molar-refractivity contribution < 1.29 is 71.9 Å². The summed E-state index contributed by atoms with van der Waals surface area (Å²) in [6.45, 7) is 2.35. The van der Waals surface area contributed by atoms with Crippen molar-refractivity contribution in [2.24, 2.45) is 0 Å². The SMILES string of the molecule is Cc1[nH]c2ccc[c-]c2c1C=O.O=[C-]OC(F)(F)F.O=[C-]OC(F)(F)F.[Ti+3]. The van der Waals surface area contributed by atoms with Gasteiger partial charge in [-0.3, -0.25) is 0 Å². The number of nitrogens with one attached hydrogen (secondary N) is 1. The quantitative estimate of drug-likeness (QED) is 0.349. The number of hydrogen-bond acceptors (Lipinski definition) is 5. The minimum Gasteiger partial charge on any atom is -0.576 e. The first-order valence-electron chi connectivity index (χ1n) is 6.13. The molecular weight excluding hydrogens is 424 g/mol. The Morgan fingerprint density at radius 2 is 1.56 bits per heavy atom. The van der Waals surface area contributed by atoms with E-state index in [0.717, 1.165) is 22.9 Å². The van der Waals surface area contributed by atoms with Gasteiger partial charge in [-0.25, -0.2) is 0 Å². The Kier molecular flexibility index (Phi) is 12.1. The first kappa shape index (κ1) is 26.9. The summed E-state index contributed by atoms with van der Waals surface area (Å²) in [5, 5.41) is 0.880. The molecule has 0 aliphatic rings. The Morgan fingerprint density at radius 1 is 1.07 bits per heavy atom. The van der Waals surface area contributed by atoms with Gasteiger partial charge in [-0.1, -0.05) is 12.9 Å². The van der Waals surface area contributed by atoms with Crippen molar-refractivity contribution in [1.82, 2.24) is 4.98 Å². The molecule has 145 valence electrons. The molecule has 2 rings (SSSR count). The van der Waals surface area contributed by atoms with Crippen LogP contribution in [-0.2, 0) is 40.8 Å². The smallest absolute Gasteiger partial charge is 0.576 e. The number of alkyl halides is 6. The fourth-order valence-electron chi connectivity index (χ4n) is 1.46. The van der Waals surface area contributed by atoms with Gasteiger partial charge in [0, 0.05) is 0 Å². The molecule has 1 radical (unpaired) electrons. The van der Waals surface area contributed by atoms with Crippen molar-refractivity contribution >= 4 is 30.1 Å². The second kappa shape index (κ2) is 12.1. The van der Waals surface area contributed by atoms with Crippen LogP contribution in [0, 0.1) is 13.0 Å². The number of hydrogen-bond donors (Lipinski definition) is 1. The van der Waals surface area contributed by atoms with E-state index in [2.05, 4.69) is 20.5 Å². The molecule has 0 unspecified atom stereocenters. The summed E-state index contributed by atoms with van der Waals surface area (Å²) < 4.78 is 68.3. The predicted octanol–water partition coefficient (Wildman–Crippen LogP) is 3.27. The largest absolute Gasteiger partial charge is 3.00 e. The first-order valence-corrected chi connectivity index (χ1v) is 6.13. The Labute approximate surface area is 162 Å². The van der Waals surface area contributed by atoms with E-state index in [1.807, 2.05) is 25.1 Å². The second-order valence-corrected chi connectivity index (χ2v) is 4.00. The van der Waals surface area contributed by atoms with Crippen LogP contribution in [0.4, 0.5) is 26.3 Å². The van der Waals surface area contributed by atoms with E-state index in [1.165, 1.54) is 0 Å². The maximum absolute atomic E-state index is 10.7. The van der Waals surface area contributed by atoms with Gasteiger partial charge in [0.2, 0.25) is 0 Å². The molecule has 2 aromatic rings. The molecule has 1 aromatic carbocycles. The molecule has 1 N–H and O–H groups in total. The van der Waals surface area contributed by atoms with Gasteiger partial charge in [0.25, 0.3) is 0 Å². The number of carbonyl (C=O) groups excluding carboxylic acids is 3. The minimum atomic E-state index is -4.87. The third kappa shape index (κ3) is 11.8. The summed E-state index contributed by atoms with van der Waals surface area (Å²) in [5.41, 5.74) is 2.59. The van der Waals surface area contributed by atoms with Crippen molar-refractivity contribution in [3.05, 3.63) is 35.5 Å². The van der Waals surface area contributed by atoms with Gasteiger partial charge in [-0.05, 0) is 23.7 Å². The molecule has 0 atom stereocenters. The Balaban J connectivity index is 0. The number of aromatic nitrogens is 1. The summed E-state index contributed by atoms with van der Waals surface area (Å²) in [5.74, 6) is 0. The van der Waals surface area contributed by atoms with Crippen LogP contribution >= 0.6 is 0 Å². The summed E-state index contributed by atoms with van der Waals surface area (Å²) in [6.07, 6.45) is -8.88. The molecule has 6 nitrogen and oxygen atoms in total. The first-order chi connectivity index (χ1) is 11.9. The summed E-state index contributed by atoms with van der Waals surface area (Å²) in [7, 11) is 0. The number of rotatable bonds is 3. The Hall–Kier alpha value is -2.34. The maximum atomic E-state index is 10.7. The summed E-state index contributed by atoms with van der Waals surface area (Å²) in [4.78, 5) is 31.3. The molecular formula is C14H8F6NO5Ti. The van der Waals surface area contributed by atoms with Crippen LogP contribution in [0.1, 0.15) is 16.1 Å². The van der Waals surface area contributed by atoms with Gasteiger partial charge in [0.05, 0.1) is 0 Å².